The molecule has 0 aliphatic heterocycles. The number of aryl methyl sites for hydroxylation is 1. The summed E-state index contributed by atoms with van der Waals surface area (Å²) in [5.74, 6) is -0.459. The summed E-state index contributed by atoms with van der Waals surface area (Å²) < 4.78 is 29.7. The predicted octanol–water partition coefficient (Wildman–Crippen LogP) is 5.37. The molecule has 1 atom stereocenters. The van der Waals surface area contributed by atoms with Crippen molar-refractivity contribution in [3.63, 3.8) is 0 Å². The number of hydrogen-bond acceptors (Lipinski definition) is 4. The Kier molecular flexibility index (Phi) is 10.9. The molecule has 0 aliphatic carbocycles. The average Bonchev–Trinajstić information content (AvgIpc) is 2.91. The van der Waals surface area contributed by atoms with E-state index < -0.39 is 28.5 Å². The Bertz CT molecular complexity index is 1360. The predicted molar refractivity (Wildman–Crippen MR) is 164 cm³/mol. The Morgan fingerprint density at radius 3 is 2.21 bits per heavy atom. The fraction of sp³-hybridized carbons (Fsp3) is 0.333. The number of nitrogens with zero attached hydrogens (tertiary/aromatic N) is 2. The van der Waals surface area contributed by atoms with Crippen LogP contribution in [0.15, 0.2) is 83.8 Å². The number of carbonyl (C=O) groups is 2. The molecule has 0 spiro atoms. The lowest BCUT2D eigenvalue weighted by molar-refractivity contribution is -0.140. The number of benzene rings is 3. The van der Waals surface area contributed by atoms with Gasteiger partial charge in [0.15, 0.2) is 0 Å². The number of rotatable bonds is 12. The van der Waals surface area contributed by atoms with E-state index in [4.69, 9.17) is 0 Å². The maximum absolute atomic E-state index is 14.0. The Balaban J connectivity index is 2.03. The van der Waals surface area contributed by atoms with Crippen molar-refractivity contribution in [2.24, 2.45) is 5.92 Å². The zero-order valence-electron chi connectivity index (χ0n) is 22.8. The molecule has 0 saturated heterocycles. The smallest absolute Gasteiger partial charge is 0.264 e. The summed E-state index contributed by atoms with van der Waals surface area (Å²) in [7, 11) is -4.07. The van der Waals surface area contributed by atoms with Crippen LogP contribution in [0.3, 0.4) is 0 Å². The second-order valence-electron chi connectivity index (χ2n) is 9.87. The summed E-state index contributed by atoms with van der Waals surface area (Å²) in [6.45, 7) is 8.05. The largest absolute Gasteiger partial charge is 0.354 e. The topological polar surface area (TPSA) is 86.8 Å². The van der Waals surface area contributed by atoms with Gasteiger partial charge in [0, 0.05) is 16.7 Å². The van der Waals surface area contributed by atoms with Crippen molar-refractivity contribution in [3.8, 4) is 0 Å². The lowest BCUT2D eigenvalue weighted by Crippen LogP contribution is -2.52. The van der Waals surface area contributed by atoms with Gasteiger partial charge in [-0.3, -0.25) is 13.9 Å². The van der Waals surface area contributed by atoms with E-state index in [2.05, 4.69) is 27.9 Å². The molecule has 208 valence electrons. The van der Waals surface area contributed by atoms with Gasteiger partial charge in [-0.1, -0.05) is 68.8 Å². The monoisotopic (exact) mass is 661 g/mol. The number of nitrogens with one attached hydrogen (secondary N) is 1. The highest BCUT2D eigenvalue weighted by Gasteiger charge is 2.33. The lowest BCUT2D eigenvalue weighted by atomic mass is 10.1. The summed E-state index contributed by atoms with van der Waals surface area (Å²) in [5, 5.41) is 2.95. The minimum Gasteiger partial charge on any atom is -0.354 e. The molecular weight excluding hydrogens is 625 g/mol. The molecule has 3 aromatic carbocycles. The third-order valence-corrected chi connectivity index (χ3v) is 8.74. The van der Waals surface area contributed by atoms with Crippen molar-refractivity contribution >= 4 is 50.1 Å². The van der Waals surface area contributed by atoms with Crippen LogP contribution in [0.25, 0.3) is 0 Å². The first-order chi connectivity index (χ1) is 18.5. The van der Waals surface area contributed by atoms with Crippen molar-refractivity contribution in [1.82, 2.24) is 10.2 Å². The number of carbonyl (C=O) groups excluding carboxylic acids is 2. The molecule has 39 heavy (non-hydrogen) atoms. The first-order valence-electron chi connectivity index (χ1n) is 13.0. The van der Waals surface area contributed by atoms with E-state index >= 15 is 0 Å². The van der Waals surface area contributed by atoms with Gasteiger partial charge in [0.1, 0.15) is 12.6 Å². The van der Waals surface area contributed by atoms with Crippen molar-refractivity contribution < 1.29 is 18.0 Å². The van der Waals surface area contributed by atoms with E-state index in [0.717, 1.165) is 19.0 Å². The van der Waals surface area contributed by atoms with E-state index in [1.54, 1.807) is 42.5 Å². The Morgan fingerprint density at radius 2 is 1.62 bits per heavy atom. The summed E-state index contributed by atoms with van der Waals surface area (Å²) in [5.41, 5.74) is 2.27. The second kappa shape index (κ2) is 13.9. The van der Waals surface area contributed by atoms with Crippen LogP contribution in [-0.2, 0) is 26.2 Å². The van der Waals surface area contributed by atoms with Crippen LogP contribution in [0.4, 0.5) is 5.69 Å². The molecule has 0 radical (unpaired) electrons. The Labute approximate surface area is 245 Å². The SMILES string of the molecule is CC[C@H](C(=O)NCC(C)C)N(Cc1cccc(C)c1)C(=O)CN(c1ccc(I)cc1)S(=O)(=O)c1ccccc1. The van der Waals surface area contributed by atoms with Gasteiger partial charge in [0.2, 0.25) is 11.8 Å². The van der Waals surface area contributed by atoms with Crippen LogP contribution in [0.1, 0.15) is 38.3 Å². The molecule has 3 rings (SSSR count). The third-order valence-electron chi connectivity index (χ3n) is 6.23. The molecule has 7 nitrogen and oxygen atoms in total. The highest BCUT2D eigenvalue weighted by Crippen LogP contribution is 2.25. The van der Waals surface area contributed by atoms with Crippen molar-refractivity contribution in [2.45, 2.75) is 51.6 Å². The zero-order valence-corrected chi connectivity index (χ0v) is 25.8. The quantitative estimate of drug-likeness (QED) is 0.265. The summed E-state index contributed by atoms with van der Waals surface area (Å²) >= 11 is 2.15. The van der Waals surface area contributed by atoms with Crippen LogP contribution in [0, 0.1) is 16.4 Å². The lowest BCUT2D eigenvalue weighted by Gasteiger charge is -2.33. The number of anilines is 1. The summed E-state index contributed by atoms with van der Waals surface area (Å²) in [6, 6.07) is 22.0. The molecule has 9 heteroatoms. The number of sulfonamides is 1. The summed E-state index contributed by atoms with van der Waals surface area (Å²) in [4.78, 5) is 28.9. The molecule has 0 fully saturated rings. The van der Waals surface area contributed by atoms with Crippen LogP contribution in [0.2, 0.25) is 0 Å². The van der Waals surface area contributed by atoms with Crippen LogP contribution >= 0.6 is 22.6 Å². The summed E-state index contributed by atoms with van der Waals surface area (Å²) in [6.07, 6.45) is 0.385. The number of amides is 2. The van der Waals surface area contributed by atoms with Gasteiger partial charge in [0.05, 0.1) is 10.6 Å². The number of hydrogen-bond donors (Lipinski definition) is 1. The van der Waals surface area contributed by atoms with E-state index in [1.807, 2.05) is 52.0 Å². The van der Waals surface area contributed by atoms with Crippen LogP contribution in [-0.4, -0.2) is 44.3 Å². The van der Waals surface area contributed by atoms with Crippen molar-refractivity contribution in [1.29, 1.82) is 0 Å². The second-order valence-corrected chi connectivity index (χ2v) is 13.0. The highest BCUT2D eigenvalue weighted by molar-refractivity contribution is 14.1. The van der Waals surface area contributed by atoms with Gasteiger partial charge in [-0.2, -0.15) is 0 Å². The van der Waals surface area contributed by atoms with Crippen LogP contribution < -0.4 is 9.62 Å². The van der Waals surface area contributed by atoms with E-state index in [-0.39, 0.29) is 23.3 Å². The minimum atomic E-state index is -4.07. The van der Waals surface area contributed by atoms with E-state index in [1.165, 1.54) is 17.0 Å². The van der Waals surface area contributed by atoms with Gasteiger partial charge >= 0.3 is 0 Å². The molecule has 0 heterocycles. The minimum absolute atomic E-state index is 0.0864. The molecular formula is C30H36IN3O4S. The van der Waals surface area contributed by atoms with Gasteiger partial charge in [-0.05, 0) is 83.8 Å². The van der Waals surface area contributed by atoms with E-state index in [0.29, 0.717) is 18.7 Å². The van der Waals surface area contributed by atoms with Crippen molar-refractivity contribution in [3.05, 3.63) is 93.6 Å². The maximum Gasteiger partial charge on any atom is 0.264 e. The Morgan fingerprint density at radius 1 is 0.949 bits per heavy atom. The van der Waals surface area contributed by atoms with Gasteiger partial charge in [0.25, 0.3) is 10.0 Å². The van der Waals surface area contributed by atoms with E-state index in [9.17, 15) is 18.0 Å². The molecule has 0 aliphatic rings. The molecule has 0 saturated carbocycles. The molecule has 0 unspecified atom stereocenters. The third kappa shape index (κ3) is 8.28. The van der Waals surface area contributed by atoms with Gasteiger partial charge in [-0.25, -0.2) is 8.42 Å². The Hall–Kier alpha value is -2.92. The highest BCUT2D eigenvalue weighted by atomic mass is 127. The fourth-order valence-electron chi connectivity index (χ4n) is 4.21. The first kappa shape index (κ1) is 30.6. The standard InChI is InChI=1S/C30H36IN3O4S/c1-5-28(30(36)32-19-22(2)3)33(20-24-11-9-10-23(4)18-24)29(35)21-34(26-16-14-25(31)15-17-26)39(37,38)27-12-7-6-8-13-27/h6-18,22,28H,5,19-21H2,1-4H3,(H,32,36)/t28-/m1/s1. The van der Waals surface area contributed by atoms with Gasteiger partial charge < -0.3 is 10.2 Å². The first-order valence-corrected chi connectivity index (χ1v) is 15.5. The molecule has 3 aromatic rings. The van der Waals surface area contributed by atoms with Gasteiger partial charge in [-0.15, -0.1) is 0 Å². The fourth-order valence-corrected chi connectivity index (χ4v) is 6.00. The molecule has 2 amide bonds. The maximum atomic E-state index is 14.0. The normalized spacial score (nSPS) is 12.2. The zero-order chi connectivity index (χ0) is 28.6. The number of halogens is 1. The molecule has 1 N–H and O–H groups in total. The molecule has 0 aromatic heterocycles. The molecule has 0 bridgehead atoms. The average molecular weight is 662 g/mol. The van der Waals surface area contributed by atoms with Crippen LogP contribution in [0.5, 0.6) is 0 Å². The van der Waals surface area contributed by atoms with Crippen molar-refractivity contribution in [2.75, 3.05) is 17.4 Å².